The van der Waals surface area contributed by atoms with Gasteiger partial charge >= 0.3 is 0 Å². The molecule has 1 aliphatic carbocycles. The first-order valence-corrected chi connectivity index (χ1v) is 12.5. The van der Waals surface area contributed by atoms with Crippen LogP contribution in [0.3, 0.4) is 0 Å². The fraction of sp³-hybridized carbons (Fsp3) is 0.273. The summed E-state index contributed by atoms with van der Waals surface area (Å²) in [6, 6.07) is 22.7. The van der Waals surface area contributed by atoms with Crippen molar-refractivity contribution < 1.29 is 0 Å². The first-order chi connectivity index (χ1) is 16.6. The number of nitrogens with zero attached hydrogens (tertiary/aromatic N) is 2. The van der Waals surface area contributed by atoms with Gasteiger partial charge in [-0.3, -0.25) is 0 Å². The van der Waals surface area contributed by atoms with Crippen LogP contribution in [-0.2, 0) is 10.8 Å². The fourth-order valence-electron chi connectivity index (χ4n) is 5.87. The van der Waals surface area contributed by atoms with Crippen LogP contribution in [0.5, 0.6) is 0 Å². The van der Waals surface area contributed by atoms with Gasteiger partial charge in [-0.25, -0.2) is 9.97 Å². The first kappa shape index (κ1) is 22.0. The molecule has 0 bridgehead atoms. The highest BCUT2D eigenvalue weighted by Gasteiger charge is 2.40. The van der Waals surface area contributed by atoms with Crippen molar-refractivity contribution in [2.24, 2.45) is 0 Å². The summed E-state index contributed by atoms with van der Waals surface area (Å²) < 4.78 is 0. The third kappa shape index (κ3) is 3.16. The van der Waals surface area contributed by atoms with Gasteiger partial charge in [0.05, 0.1) is 11.4 Å². The van der Waals surface area contributed by atoms with Gasteiger partial charge in [0.15, 0.2) is 0 Å². The molecule has 0 aliphatic heterocycles. The molecule has 0 radical (unpaired) electrons. The maximum absolute atomic E-state index is 4.91. The van der Waals surface area contributed by atoms with Crippen LogP contribution in [0.25, 0.3) is 43.9 Å². The molecule has 1 aliphatic rings. The number of hydrogen-bond donors (Lipinski definition) is 0. The van der Waals surface area contributed by atoms with Gasteiger partial charge in [0.1, 0.15) is 6.33 Å². The highest BCUT2D eigenvalue weighted by molar-refractivity contribution is 6.04. The second-order valence-electron chi connectivity index (χ2n) is 11.7. The fourth-order valence-corrected chi connectivity index (χ4v) is 5.87. The van der Waals surface area contributed by atoms with Crippen LogP contribution in [0.4, 0.5) is 0 Å². The third-order valence-corrected chi connectivity index (χ3v) is 7.97. The van der Waals surface area contributed by atoms with Crippen molar-refractivity contribution in [3.63, 3.8) is 0 Å². The predicted octanol–water partition coefficient (Wildman–Crippen LogP) is 8.67. The summed E-state index contributed by atoms with van der Waals surface area (Å²) in [5.74, 6) is 0. The average Bonchev–Trinajstić information content (AvgIpc) is 3.06. The molecule has 174 valence electrons. The van der Waals surface area contributed by atoms with E-state index in [1.165, 1.54) is 60.5 Å². The largest absolute Gasteiger partial charge is 0.240 e. The lowest BCUT2D eigenvalue weighted by atomic mass is 9.82. The summed E-state index contributed by atoms with van der Waals surface area (Å²) in [5, 5.41) is 5.11. The quantitative estimate of drug-likeness (QED) is 0.252. The SMILES string of the molecule is Cc1cc2ccc3c(c2cc1C)C(C)(C)c1ncnc(-c2cccc4cc(C(C)(C)C)ccc24)c1-3. The van der Waals surface area contributed by atoms with E-state index in [4.69, 9.17) is 9.97 Å². The van der Waals surface area contributed by atoms with E-state index in [1.807, 2.05) is 0 Å². The van der Waals surface area contributed by atoms with E-state index in [2.05, 4.69) is 109 Å². The van der Waals surface area contributed by atoms with Crippen LogP contribution in [0, 0.1) is 13.8 Å². The van der Waals surface area contributed by atoms with E-state index in [-0.39, 0.29) is 10.8 Å². The molecule has 0 spiro atoms. The Hall–Kier alpha value is -3.52. The molecule has 0 fully saturated rings. The van der Waals surface area contributed by atoms with Crippen molar-refractivity contribution in [2.75, 3.05) is 0 Å². The molecule has 1 aromatic heterocycles. The molecule has 4 aromatic carbocycles. The minimum absolute atomic E-state index is 0.112. The van der Waals surface area contributed by atoms with Crippen LogP contribution in [0.2, 0.25) is 0 Å². The second-order valence-corrected chi connectivity index (χ2v) is 11.7. The molecule has 0 saturated carbocycles. The predicted molar refractivity (Wildman–Crippen MR) is 148 cm³/mol. The molecular weight excluding hydrogens is 424 g/mol. The summed E-state index contributed by atoms with van der Waals surface area (Å²) in [5.41, 5.74) is 11.0. The minimum Gasteiger partial charge on any atom is -0.240 e. The highest BCUT2D eigenvalue weighted by atomic mass is 14.9. The standard InChI is InChI=1S/C33H32N2/c1-19-15-22-11-13-26-28-30(25-10-8-9-21-17-23(32(3,4)5)12-14-24(21)25)34-18-35-31(28)33(6,7)29(26)27(22)16-20(19)2/h8-18H,1-7H3. The Labute approximate surface area is 208 Å². The summed E-state index contributed by atoms with van der Waals surface area (Å²) >= 11 is 0. The van der Waals surface area contributed by atoms with E-state index in [0.29, 0.717) is 0 Å². The number of hydrogen-bond acceptors (Lipinski definition) is 2. The Morgan fingerprint density at radius 1 is 0.714 bits per heavy atom. The van der Waals surface area contributed by atoms with Gasteiger partial charge in [0.2, 0.25) is 0 Å². The zero-order valence-corrected chi connectivity index (χ0v) is 21.7. The Kier molecular flexibility index (Phi) is 4.55. The van der Waals surface area contributed by atoms with Crippen LogP contribution < -0.4 is 0 Å². The van der Waals surface area contributed by atoms with Crippen molar-refractivity contribution in [3.8, 4) is 22.4 Å². The number of aromatic nitrogens is 2. The van der Waals surface area contributed by atoms with Crippen LogP contribution in [-0.4, -0.2) is 9.97 Å². The van der Waals surface area contributed by atoms with Crippen molar-refractivity contribution in [3.05, 3.63) is 94.9 Å². The van der Waals surface area contributed by atoms with E-state index in [0.717, 1.165) is 11.4 Å². The van der Waals surface area contributed by atoms with Gasteiger partial charge in [0, 0.05) is 16.5 Å². The van der Waals surface area contributed by atoms with Gasteiger partial charge < -0.3 is 0 Å². The van der Waals surface area contributed by atoms with E-state index in [9.17, 15) is 0 Å². The average molecular weight is 457 g/mol. The Morgan fingerprint density at radius 2 is 1.46 bits per heavy atom. The van der Waals surface area contributed by atoms with Gasteiger partial charge in [-0.15, -0.1) is 0 Å². The molecule has 0 N–H and O–H groups in total. The minimum atomic E-state index is -0.201. The van der Waals surface area contributed by atoms with Crippen molar-refractivity contribution >= 4 is 21.5 Å². The Morgan fingerprint density at radius 3 is 2.23 bits per heavy atom. The van der Waals surface area contributed by atoms with Crippen LogP contribution in [0.1, 0.15) is 62.6 Å². The van der Waals surface area contributed by atoms with Crippen molar-refractivity contribution in [1.29, 1.82) is 0 Å². The smallest absolute Gasteiger partial charge is 0.116 e. The monoisotopic (exact) mass is 456 g/mol. The topological polar surface area (TPSA) is 25.8 Å². The van der Waals surface area contributed by atoms with Gasteiger partial charge in [-0.05, 0) is 68.6 Å². The zero-order valence-electron chi connectivity index (χ0n) is 21.7. The van der Waals surface area contributed by atoms with Gasteiger partial charge in [-0.1, -0.05) is 95.3 Å². The number of aryl methyl sites for hydroxylation is 2. The second kappa shape index (κ2) is 7.24. The summed E-state index contributed by atoms with van der Waals surface area (Å²) in [7, 11) is 0. The number of benzene rings is 4. The highest BCUT2D eigenvalue weighted by Crippen LogP contribution is 2.53. The lowest BCUT2D eigenvalue weighted by molar-refractivity contribution is 0.591. The molecule has 0 unspecified atom stereocenters. The first-order valence-electron chi connectivity index (χ1n) is 12.5. The molecule has 1 heterocycles. The maximum Gasteiger partial charge on any atom is 0.116 e. The Bertz CT molecular complexity index is 1670. The third-order valence-electron chi connectivity index (χ3n) is 7.97. The van der Waals surface area contributed by atoms with E-state index < -0.39 is 0 Å². The number of rotatable bonds is 1. The van der Waals surface area contributed by atoms with Gasteiger partial charge in [0.25, 0.3) is 0 Å². The summed E-state index contributed by atoms with van der Waals surface area (Å²) in [6.07, 6.45) is 1.75. The molecule has 35 heavy (non-hydrogen) atoms. The summed E-state index contributed by atoms with van der Waals surface area (Å²) in [6.45, 7) is 15.8. The maximum atomic E-state index is 4.91. The molecule has 6 rings (SSSR count). The van der Waals surface area contributed by atoms with E-state index >= 15 is 0 Å². The lowest BCUT2D eigenvalue weighted by Crippen LogP contribution is -2.17. The molecule has 0 atom stereocenters. The van der Waals surface area contributed by atoms with E-state index in [1.54, 1.807) is 6.33 Å². The normalized spacial score (nSPS) is 14.4. The molecule has 0 saturated heterocycles. The van der Waals surface area contributed by atoms with Crippen molar-refractivity contribution in [1.82, 2.24) is 9.97 Å². The van der Waals surface area contributed by atoms with Crippen molar-refractivity contribution in [2.45, 2.75) is 59.3 Å². The Balaban J connectivity index is 1.66. The molecular formula is C33H32N2. The molecule has 0 amide bonds. The van der Waals surface area contributed by atoms with Gasteiger partial charge in [-0.2, -0.15) is 0 Å². The zero-order chi connectivity index (χ0) is 24.7. The number of fused-ring (bicyclic) bond motifs is 6. The van der Waals surface area contributed by atoms with Crippen LogP contribution >= 0.6 is 0 Å². The molecule has 2 nitrogen and oxygen atoms in total. The molecule has 2 heteroatoms. The van der Waals surface area contributed by atoms with Crippen LogP contribution in [0.15, 0.2) is 67.0 Å². The summed E-state index contributed by atoms with van der Waals surface area (Å²) in [4.78, 5) is 9.78. The molecule has 5 aromatic rings. The lowest BCUT2D eigenvalue weighted by Gasteiger charge is -2.22.